The standard InChI is InChI=1S/C13H10ClN3O4S2/c14-10-7-15-13(21-8-9-3-1-5-20-9)12(16-10)17-23(18,19)11-4-2-6-22-11/h1-7H,8H2,(H,16,17). The molecule has 3 aromatic heterocycles. The predicted molar refractivity (Wildman–Crippen MR) is 85.2 cm³/mol. The van der Waals surface area contributed by atoms with E-state index in [2.05, 4.69) is 14.7 Å². The van der Waals surface area contributed by atoms with E-state index >= 15 is 0 Å². The molecule has 0 radical (unpaired) electrons. The summed E-state index contributed by atoms with van der Waals surface area (Å²) in [6.07, 6.45) is 2.77. The van der Waals surface area contributed by atoms with Gasteiger partial charge < -0.3 is 9.15 Å². The van der Waals surface area contributed by atoms with Crippen LogP contribution >= 0.6 is 22.9 Å². The van der Waals surface area contributed by atoms with Crippen LogP contribution in [0.5, 0.6) is 5.88 Å². The first-order chi connectivity index (χ1) is 11.0. The molecule has 0 aliphatic heterocycles. The molecule has 3 rings (SSSR count). The van der Waals surface area contributed by atoms with Crippen LogP contribution in [0.1, 0.15) is 5.76 Å². The van der Waals surface area contributed by atoms with E-state index in [9.17, 15) is 8.42 Å². The van der Waals surface area contributed by atoms with Crippen molar-refractivity contribution in [2.24, 2.45) is 0 Å². The zero-order valence-corrected chi connectivity index (χ0v) is 13.9. The van der Waals surface area contributed by atoms with Crippen molar-refractivity contribution in [3.63, 3.8) is 0 Å². The third-order valence-electron chi connectivity index (χ3n) is 2.63. The molecule has 0 bridgehead atoms. The smallest absolute Gasteiger partial charge is 0.272 e. The summed E-state index contributed by atoms with van der Waals surface area (Å²) >= 11 is 6.87. The number of nitrogens with one attached hydrogen (secondary N) is 1. The molecule has 0 aliphatic carbocycles. The van der Waals surface area contributed by atoms with Gasteiger partial charge in [0.2, 0.25) is 5.82 Å². The Hall–Kier alpha value is -2.10. The van der Waals surface area contributed by atoms with E-state index in [0.29, 0.717) is 5.76 Å². The van der Waals surface area contributed by atoms with Crippen LogP contribution in [0.15, 0.2) is 50.7 Å². The number of thiophene rings is 1. The molecule has 23 heavy (non-hydrogen) atoms. The Bertz CT molecular complexity index is 880. The molecule has 3 heterocycles. The van der Waals surface area contributed by atoms with Gasteiger partial charge >= 0.3 is 0 Å². The molecule has 0 aliphatic rings. The fourth-order valence-corrected chi connectivity index (χ4v) is 3.78. The summed E-state index contributed by atoms with van der Waals surface area (Å²) < 4.78 is 37.6. The highest BCUT2D eigenvalue weighted by Crippen LogP contribution is 2.26. The van der Waals surface area contributed by atoms with Crippen LogP contribution in [0.2, 0.25) is 5.15 Å². The Labute approximate surface area is 141 Å². The molecule has 10 heteroatoms. The number of nitrogens with zero attached hydrogens (tertiary/aromatic N) is 2. The molecule has 0 aromatic carbocycles. The van der Waals surface area contributed by atoms with Crippen molar-refractivity contribution in [3.8, 4) is 5.88 Å². The van der Waals surface area contributed by atoms with Gasteiger partial charge in [-0.15, -0.1) is 11.3 Å². The van der Waals surface area contributed by atoms with Crippen molar-refractivity contribution < 1.29 is 17.6 Å². The van der Waals surface area contributed by atoms with Crippen molar-refractivity contribution in [1.82, 2.24) is 9.97 Å². The number of hydrogen-bond donors (Lipinski definition) is 1. The summed E-state index contributed by atoms with van der Waals surface area (Å²) in [6.45, 7) is 0.0804. The number of sulfonamides is 1. The summed E-state index contributed by atoms with van der Waals surface area (Å²) in [7, 11) is -3.78. The lowest BCUT2D eigenvalue weighted by Gasteiger charge is -2.10. The molecule has 0 saturated carbocycles. The fourth-order valence-electron chi connectivity index (χ4n) is 1.66. The first-order valence-electron chi connectivity index (χ1n) is 6.28. The monoisotopic (exact) mass is 371 g/mol. The number of furan rings is 1. The third kappa shape index (κ3) is 3.81. The van der Waals surface area contributed by atoms with E-state index in [4.69, 9.17) is 20.8 Å². The van der Waals surface area contributed by atoms with Crippen LogP contribution in [-0.2, 0) is 16.6 Å². The minimum absolute atomic E-state index is 0.00549. The molecular weight excluding hydrogens is 362 g/mol. The zero-order chi connectivity index (χ0) is 16.3. The zero-order valence-electron chi connectivity index (χ0n) is 11.5. The molecule has 1 N–H and O–H groups in total. The van der Waals surface area contributed by atoms with Gasteiger partial charge in [0.05, 0.1) is 12.5 Å². The summed E-state index contributed by atoms with van der Waals surface area (Å²) in [5, 5.41) is 1.70. The molecule has 120 valence electrons. The maximum atomic E-state index is 12.3. The minimum atomic E-state index is -3.78. The molecule has 0 atom stereocenters. The molecular formula is C13H10ClN3O4S2. The average molecular weight is 372 g/mol. The van der Waals surface area contributed by atoms with Crippen molar-refractivity contribution in [2.75, 3.05) is 4.72 Å². The Morgan fingerprint density at radius 1 is 1.35 bits per heavy atom. The predicted octanol–water partition coefficient (Wildman–Crippen LogP) is 3.16. The van der Waals surface area contributed by atoms with Crippen LogP contribution in [-0.4, -0.2) is 18.4 Å². The topological polar surface area (TPSA) is 94.3 Å². The van der Waals surface area contributed by atoms with E-state index in [-0.39, 0.29) is 27.7 Å². The minimum Gasteiger partial charge on any atom is -0.467 e. The van der Waals surface area contributed by atoms with Crippen molar-refractivity contribution in [2.45, 2.75) is 10.8 Å². The quantitative estimate of drug-likeness (QED) is 0.715. The van der Waals surface area contributed by atoms with E-state index in [0.717, 1.165) is 11.3 Å². The second-order valence-corrected chi connectivity index (χ2v) is 7.50. The largest absolute Gasteiger partial charge is 0.467 e. The van der Waals surface area contributed by atoms with Crippen molar-refractivity contribution in [3.05, 3.63) is 53.0 Å². The number of rotatable bonds is 6. The maximum absolute atomic E-state index is 12.3. The highest BCUT2D eigenvalue weighted by atomic mass is 35.5. The molecule has 0 unspecified atom stereocenters. The summed E-state index contributed by atoms with van der Waals surface area (Å²) in [6, 6.07) is 6.55. The van der Waals surface area contributed by atoms with Crippen LogP contribution in [0.4, 0.5) is 5.82 Å². The van der Waals surface area contributed by atoms with E-state index in [1.165, 1.54) is 18.5 Å². The van der Waals surface area contributed by atoms with Crippen molar-refractivity contribution >= 4 is 38.8 Å². The van der Waals surface area contributed by atoms with E-state index in [1.807, 2.05) is 0 Å². The summed E-state index contributed by atoms with van der Waals surface area (Å²) in [5.74, 6) is 0.484. The second kappa shape index (κ2) is 6.57. The Morgan fingerprint density at radius 3 is 2.91 bits per heavy atom. The molecule has 0 spiro atoms. The van der Waals surface area contributed by atoms with Gasteiger partial charge in [0.15, 0.2) is 0 Å². The van der Waals surface area contributed by atoms with Gasteiger partial charge in [0.25, 0.3) is 15.9 Å². The molecule has 7 nitrogen and oxygen atoms in total. The SMILES string of the molecule is O=S(=O)(Nc1nc(Cl)cnc1OCc1ccco1)c1cccs1. The highest BCUT2D eigenvalue weighted by Gasteiger charge is 2.20. The van der Waals surface area contributed by atoms with Crippen LogP contribution in [0.3, 0.4) is 0 Å². The Balaban J connectivity index is 1.84. The average Bonchev–Trinajstić information content (AvgIpc) is 3.20. The van der Waals surface area contributed by atoms with Crippen LogP contribution in [0, 0.1) is 0 Å². The summed E-state index contributed by atoms with van der Waals surface area (Å²) in [5.41, 5.74) is 0. The first kappa shape index (κ1) is 15.8. The van der Waals surface area contributed by atoms with Gasteiger partial charge in [-0.3, -0.25) is 4.72 Å². The summed E-state index contributed by atoms with van der Waals surface area (Å²) in [4.78, 5) is 7.89. The molecule has 0 saturated heterocycles. The van der Waals surface area contributed by atoms with Gasteiger partial charge in [-0.1, -0.05) is 17.7 Å². The second-order valence-electron chi connectivity index (χ2n) is 4.25. The van der Waals surface area contributed by atoms with E-state index < -0.39 is 10.0 Å². The lowest BCUT2D eigenvalue weighted by atomic mass is 10.5. The maximum Gasteiger partial charge on any atom is 0.272 e. The number of halogens is 1. The Kier molecular flexibility index (Phi) is 4.51. The first-order valence-corrected chi connectivity index (χ1v) is 9.03. The van der Waals surface area contributed by atoms with Gasteiger partial charge in [0.1, 0.15) is 21.7 Å². The van der Waals surface area contributed by atoms with Crippen molar-refractivity contribution in [1.29, 1.82) is 0 Å². The van der Waals surface area contributed by atoms with Gasteiger partial charge in [-0.05, 0) is 23.6 Å². The van der Waals surface area contributed by atoms with Crippen LogP contribution in [0.25, 0.3) is 0 Å². The van der Waals surface area contributed by atoms with Gasteiger partial charge in [-0.25, -0.2) is 18.4 Å². The van der Waals surface area contributed by atoms with E-state index in [1.54, 1.807) is 23.6 Å². The lowest BCUT2D eigenvalue weighted by Crippen LogP contribution is -2.14. The molecule has 0 fully saturated rings. The number of ether oxygens (including phenoxy) is 1. The molecule has 0 amide bonds. The lowest BCUT2D eigenvalue weighted by molar-refractivity contribution is 0.261. The van der Waals surface area contributed by atoms with Gasteiger partial charge in [0, 0.05) is 0 Å². The number of aromatic nitrogens is 2. The Morgan fingerprint density at radius 2 is 2.22 bits per heavy atom. The van der Waals surface area contributed by atoms with Gasteiger partial charge in [-0.2, -0.15) is 0 Å². The molecule has 3 aromatic rings. The highest BCUT2D eigenvalue weighted by molar-refractivity contribution is 7.94. The number of hydrogen-bond acceptors (Lipinski definition) is 7. The normalized spacial score (nSPS) is 11.3. The van der Waals surface area contributed by atoms with Crippen LogP contribution < -0.4 is 9.46 Å². The third-order valence-corrected chi connectivity index (χ3v) is 5.55. The number of anilines is 1. The fraction of sp³-hybridized carbons (Fsp3) is 0.0769.